The predicted octanol–water partition coefficient (Wildman–Crippen LogP) is -1.46. The molecule has 0 aromatic heterocycles. The van der Waals surface area contributed by atoms with Crippen molar-refractivity contribution in [2.45, 2.75) is 0 Å². The zero-order valence-electron chi connectivity index (χ0n) is 2.92. The Balaban J connectivity index is -0.0000000480. The molecule has 0 heterocycles. The van der Waals surface area contributed by atoms with Crippen LogP contribution in [0.5, 0.6) is 0 Å². The SMILES string of the molecule is B=O.O=C(O)O.[BaH2]. The van der Waals surface area contributed by atoms with Gasteiger partial charge in [-0.05, 0) is 0 Å². The van der Waals surface area contributed by atoms with Crippen LogP contribution in [0, 0.1) is 0 Å². The van der Waals surface area contributed by atoms with Crippen molar-refractivity contribution < 1.29 is 19.7 Å². The molecule has 0 spiro atoms. The van der Waals surface area contributed by atoms with Crippen molar-refractivity contribution >= 4 is 62.8 Å². The molecule has 0 radical (unpaired) electrons. The van der Waals surface area contributed by atoms with Crippen LogP contribution in [0.3, 0.4) is 0 Å². The summed E-state index contributed by atoms with van der Waals surface area (Å²) in [7, 11) is 2.00. The summed E-state index contributed by atoms with van der Waals surface area (Å²) in [6, 6.07) is 0. The zero-order valence-corrected chi connectivity index (χ0v) is 2.92. The molecule has 0 amide bonds. The van der Waals surface area contributed by atoms with Gasteiger partial charge in [0.05, 0.1) is 0 Å². The fraction of sp³-hybridized carbons (Fsp3) is 0. The maximum atomic E-state index is 8.56. The molecule has 0 unspecified atom stereocenters. The Morgan fingerprint density at radius 1 is 1.29 bits per heavy atom. The fourth-order valence-corrected chi connectivity index (χ4v) is 0. The molecule has 0 aliphatic rings. The van der Waals surface area contributed by atoms with Gasteiger partial charge in [0, 0.05) is 0 Å². The van der Waals surface area contributed by atoms with Crippen molar-refractivity contribution in [3.63, 3.8) is 0 Å². The molecular weight excluding hydrogens is 224 g/mol. The normalized spacial score (nSPS) is 3.86. The van der Waals surface area contributed by atoms with Crippen LogP contribution < -0.4 is 0 Å². The number of carbonyl (C=O) groups is 1. The van der Waals surface area contributed by atoms with Crippen LogP contribution in [0.2, 0.25) is 0 Å². The van der Waals surface area contributed by atoms with Crippen molar-refractivity contribution in [2.24, 2.45) is 0 Å². The van der Waals surface area contributed by atoms with Gasteiger partial charge in [-0.3, -0.25) is 0 Å². The zero-order chi connectivity index (χ0) is 5.58. The van der Waals surface area contributed by atoms with E-state index in [0.29, 0.717) is 0 Å². The van der Waals surface area contributed by atoms with Crippen LogP contribution in [-0.2, 0) is 4.70 Å². The minimum atomic E-state index is -1.83. The molecule has 0 aromatic carbocycles. The first-order valence-corrected chi connectivity index (χ1v) is 0.940. The van der Waals surface area contributed by atoms with E-state index in [1.807, 2.05) is 7.72 Å². The molecule has 0 aliphatic carbocycles. The van der Waals surface area contributed by atoms with E-state index in [1.165, 1.54) is 0 Å². The van der Waals surface area contributed by atoms with E-state index in [0.717, 1.165) is 0 Å². The Morgan fingerprint density at radius 2 is 1.29 bits per heavy atom. The Kier molecular flexibility index (Phi) is 35.5. The summed E-state index contributed by atoms with van der Waals surface area (Å²) in [4.78, 5) is 8.56. The van der Waals surface area contributed by atoms with E-state index in [4.69, 9.17) is 19.7 Å². The Hall–Kier alpha value is 0.706. The van der Waals surface area contributed by atoms with Crippen molar-refractivity contribution in [1.82, 2.24) is 0 Å². The van der Waals surface area contributed by atoms with E-state index in [9.17, 15) is 0 Å². The molecule has 0 bridgehead atoms. The summed E-state index contributed by atoms with van der Waals surface area (Å²) in [5.41, 5.74) is 0. The summed E-state index contributed by atoms with van der Waals surface area (Å²) in [5, 5.41) is 13.9. The van der Waals surface area contributed by atoms with E-state index < -0.39 is 6.16 Å². The maximum absolute atomic E-state index is 8.56. The Bertz CT molecular complexity index is 43.0. The fourth-order valence-electron chi connectivity index (χ4n) is 0. The van der Waals surface area contributed by atoms with Gasteiger partial charge in [0.25, 0.3) is 0 Å². The topological polar surface area (TPSA) is 74.6 Å². The first-order valence-electron chi connectivity index (χ1n) is 0.940. The molecule has 0 saturated heterocycles. The van der Waals surface area contributed by atoms with Crippen LogP contribution in [0.25, 0.3) is 0 Å². The molecule has 0 atom stereocenters. The molecular formula is CH5BBaO4. The number of rotatable bonds is 0. The average Bonchev–Trinajstić information content (AvgIpc) is 1.41. The summed E-state index contributed by atoms with van der Waals surface area (Å²) in [6.45, 7) is 0. The van der Waals surface area contributed by atoms with Crippen LogP contribution in [-0.4, -0.2) is 73.0 Å². The molecule has 0 rings (SSSR count). The van der Waals surface area contributed by atoms with Gasteiger partial charge in [-0.15, -0.1) is 0 Å². The third-order valence-electron chi connectivity index (χ3n) is 0. The molecule has 0 saturated carbocycles. The summed E-state index contributed by atoms with van der Waals surface area (Å²) < 4.78 is 8.00. The molecule has 6 heteroatoms. The first kappa shape index (κ1) is 15.6. The third kappa shape index (κ3) is 298. The molecule has 0 fully saturated rings. The van der Waals surface area contributed by atoms with Gasteiger partial charge in [0.1, 0.15) is 0 Å². The van der Waals surface area contributed by atoms with Crippen LogP contribution in [0.4, 0.5) is 4.79 Å². The van der Waals surface area contributed by atoms with Crippen molar-refractivity contribution in [3.8, 4) is 0 Å². The first-order chi connectivity index (χ1) is 2.73. The molecule has 0 aliphatic heterocycles. The molecule has 2 N–H and O–H groups in total. The van der Waals surface area contributed by atoms with Crippen LogP contribution in [0.1, 0.15) is 0 Å². The molecule has 7 heavy (non-hydrogen) atoms. The van der Waals surface area contributed by atoms with E-state index >= 15 is 0 Å². The molecule has 0 aromatic rings. The van der Waals surface area contributed by atoms with Gasteiger partial charge >= 0.3 is 67.5 Å². The summed E-state index contributed by atoms with van der Waals surface area (Å²) >= 11 is 0. The monoisotopic (exact) mass is 230 g/mol. The van der Waals surface area contributed by atoms with Crippen LogP contribution >= 0.6 is 0 Å². The Morgan fingerprint density at radius 3 is 1.29 bits per heavy atom. The van der Waals surface area contributed by atoms with Crippen molar-refractivity contribution in [3.05, 3.63) is 0 Å². The third-order valence-corrected chi connectivity index (χ3v) is 0. The van der Waals surface area contributed by atoms with Crippen LogP contribution in [0.15, 0.2) is 0 Å². The number of hydrogen-bond donors (Lipinski definition) is 2. The van der Waals surface area contributed by atoms with Gasteiger partial charge in [0.2, 0.25) is 0 Å². The quantitative estimate of drug-likeness (QED) is 0.498. The van der Waals surface area contributed by atoms with Gasteiger partial charge in [-0.2, -0.15) is 0 Å². The summed E-state index contributed by atoms with van der Waals surface area (Å²) in [5.74, 6) is 0. The second-order valence-electron chi connectivity index (χ2n) is 0.283. The standard InChI is InChI=1S/CH2O3.BHO.Ba.2H/c2-1(3)4;1-2;;;/h(H2,2,3,4);1H;;;. The van der Waals surface area contributed by atoms with Gasteiger partial charge in [0.15, 0.2) is 0 Å². The average molecular weight is 229 g/mol. The van der Waals surface area contributed by atoms with E-state index in [1.54, 1.807) is 0 Å². The van der Waals surface area contributed by atoms with Gasteiger partial charge in [-0.1, -0.05) is 0 Å². The predicted molar refractivity (Wildman–Crippen MR) is 27.0 cm³/mol. The van der Waals surface area contributed by atoms with Gasteiger partial charge in [-0.25, -0.2) is 4.79 Å². The second kappa shape index (κ2) is 15.9. The molecule has 38 valence electrons. The van der Waals surface area contributed by atoms with Crippen molar-refractivity contribution in [2.75, 3.05) is 0 Å². The van der Waals surface area contributed by atoms with Crippen molar-refractivity contribution in [1.29, 1.82) is 0 Å². The van der Waals surface area contributed by atoms with E-state index in [2.05, 4.69) is 0 Å². The Labute approximate surface area is 81.4 Å². The number of hydrogen-bond acceptors (Lipinski definition) is 2. The number of carboxylic acid groups (broad SMARTS) is 2. The second-order valence-corrected chi connectivity index (χ2v) is 0.283. The van der Waals surface area contributed by atoms with Gasteiger partial charge < -0.3 is 10.2 Å². The molecule has 4 nitrogen and oxygen atoms in total. The summed E-state index contributed by atoms with van der Waals surface area (Å²) in [6.07, 6.45) is -1.83. The van der Waals surface area contributed by atoms with E-state index in [-0.39, 0.29) is 48.9 Å². The minimum absolute atomic E-state index is 0.